The monoisotopic (exact) mass is 349 g/mol. The molecule has 1 aliphatic heterocycles. The fraction of sp³-hybridized carbons (Fsp3) is 0.667. The molecule has 10 N–H and O–H groups in total. The summed E-state index contributed by atoms with van der Waals surface area (Å²) in [6.07, 6.45) is -2.75. The van der Waals surface area contributed by atoms with Gasteiger partial charge in [0.15, 0.2) is 11.9 Å². The molecular weight excluding hydrogens is 329 g/mol. The lowest BCUT2D eigenvalue weighted by atomic mass is 10.2. The van der Waals surface area contributed by atoms with Crippen molar-refractivity contribution in [1.82, 2.24) is 0 Å². The first-order valence-corrected chi connectivity index (χ1v) is 7.25. The second kappa shape index (κ2) is 10.5. The van der Waals surface area contributed by atoms with Crippen LogP contribution >= 0.6 is 7.82 Å². The van der Waals surface area contributed by atoms with Gasteiger partial charge in [-0.1, -0.05) is 6.92 Å². The molecule has 0 aromatic rings. The first kappa shape index (κ1) is 23.0. The Morgan fingerprint density at radius 2 is 1.64 bits per heavy atom. The van der Waals surface area contributed by atoms with Crippen molar-refractivity contribution in [2.75, 3.05) is 6.61 Å². The standard InChI is InChI=1S/C6H8O6.C3H9NO.H3O4P/c7-1-2(8)5-3(9)4(10)6(11)12-5;1-2-3(4)5;1-5(2,3)4/h2,5,7-10H,1H2;3,5H,2,4H2,1H3;(H3,1,2,3,4)/t2-,5+;;/m0../s1. The van der Waals surface area contributed by atoms with E-state index in [1.165, 1.54) is 0 Å². The first-order valence-electron chi connectivity index (χ1n) is 5.69. The minimum absolute atomic E-state index is 0.616. The molecule has 0 saturated carbocycles. The predicted molar refractivity (Wildman–Crippen MR) is 70.0 cm³/mol. The van der Waals surface area contributed by atoms with Crippen molar-refractivity contribution in [3.05, 3.63) is 11.5 Å². The molecule has 22 heavy (non-hydrogen) atoms. The van der Waals surface area contributed by atoms with Crippen LogP contribution in [0.3, 0.4) is 0 Å². The van der Waals surface area contributed by atoms with E-state index in [9.17, 15) is 4.79 Å². The highest BCUT2D eigenvalue weighted by Crippen LogP contribution is 2.25. The fourth-order valence-electron chi connectivity index (χ4n) is 0.823. The zero-order valence-corrected chi connectivity index (χ0v) is 12.4. The molecule has 0 aliphatic carbocycles. The van der Waals surface area contributed by atoms with Gasteiger partial charge in [-0.25, -0.2) is 9.36 Å². The smallest absolute Gasteiger partial charge is 0.466 e. The number of cyclic esters (lactones) is 1. The van der Waals surface area contributed by atoms with Crippen LogP contribution in [0.1, 0.15) is 13.3 Å². The lowest BCUT2D eigenvalue weighted by Crippen LogP contribution is -2.31. The van der Waals surface area contributed by atoms with Gasteiger partial charge >= 0.3 is 13.8 Å². The Kier molecular flexibility index (Phi) is 11.0. The van der Waals surface area contributed by atoms with Gasteiger partial charge in [0.25, 0.3) is 0 Å². The number of aliphatic hydroxyl groups excluding tert-OH is 5. The number of phosphoric acid groups is 1. The molecule has 0 fully saturated rings. The number of aliphatic hydroxyl groups is 5. The summed E-state index contributed by atoms with van der Waals surface area (Å²) in [5.74, 6) is -2.78. The van der Waals surface area contributed by atoms with E-state index in [-0.39, 0.29) is 0 Å². The van der Waals surface area contributed by atoms with Crippen molar-refractivity contribution in [2.45, 2.75) is 31.8 Å². The highest BCUT2D eigenvalue weighted by molar-refractivity contribution is 7.45. The minimum Gasteiger partial charge on any atom is -0.505 e. The molecular formula is C9H20NO11P. The zero-order valence-electron chi connectivity index (χ0n) is 11.5. The maximum Gasteiger partial charge on any atom is 0.466 e. The van der Waals surface area contributed by atoms with Gasteiger partial charge in [-0.2, -0.15) is 0 Å². The van der Waals surface area contributed by atoms with Crippen LogP contribution in [-0.4, -0.2) is 71.2 Å². The molecule has 0 radical (unpaired) electrons. The van der Waals surface area contributed by atoms with Gasteiger partial charge in [0.2, 0.25) is 5.76 Å². The molecule has 1 unspecified atom stereocenters. The maximum atomic E-state index is 10.5. The van der Waals surface area contributed by atoms with Crippen LogP contribution in [0.15, 0.2) is 11.5 Å². The molecule has 1 rings (SSSR count). The molecule has 1 aliphatic rings. The van der Waals surface area contributed by atoms with Gasteiger partial charge in [0.05, 0.1) is 6.61 Å². The van der Waals surface area contributed by atoms with Gasteiger partial charge in [-0.05, 0) is 6.42 Å². The Morgan fingerprint density at radius 1 is 1.27 bits per heavy atom. The molecule has 3 atom stereocenters. The largest absolute Gasteiger partial charge is 0.505 e. The summed E-state index contributed by atoms with van der Waals surface area (Å²) in [5, 5.41) is 43.2. The fourth-order valence-corrected chi connectivity index (χ4v) is 0.823. The molecule has 12 nitrogen and oxygen atoms in total. The van der Waals surface area contributed by atoms with Crippen molar-refractivity contribution < 1.29 is 54.3 Å². The highest BCUT2D eigenvalue weighted by Gasteiger charge is 2.38. The molecule has 0 aromatic carbocycles. The van der Waals surface area contributed by atoms with Gasteiger partial charge in [-0.3, -0.25) is 0 Å². The SMILES string of the molecule is CCC(N)O.O=C1O[C@H]([C@@H](O)CO)C(O)=C1O.O=P(O)(O)O. The number of carbonyl (C=O) groups is 1. The number of ether oxygens (including phenoxy) is 1. The first-order chi connectivity index (χ1) is 9.84. The van der Waals surface area contributed by atoms with Crippen molar-refractivity contribution in [1.29, 1.82) is 0 Å². The third-order valence-corrected chi connectivity index (χ3v) is 1.89. The predicted octanol–water partition coefficient (Wildman–Crippen LogP) is -2.66. The van der Waals surface area contributed by atoms with Crippen LogP contribution in [0.5, 0.6) is 0 Å². The molecule has 0 spiro atoms. The van der Waals surface area contributed by atoms with Gasteiger partial charge in [-0.15, -0.1) is 0 Å². The zero-order chi connectivity index (χ0) is 18.1. The minimum atomic E-state index is -4.64. The van der Waals surface area contributed by atoms with E-state index in [2.05, 4.69) is 4.74 Å². The van der Waals surface area contributed by atoms with E-state index in [1.807, 2.05) is 6.92 Å². The molecule has 132 valence electrons. The quantitative estimate of drug-likeness (QED) is 0.144. The van der Waals surface area contributed by atoms with E-state index in [0.717, 1.165) is 0 Å². The number of nitrogens with two attached hydrogens (primary N) is 1. The summed E-state index contributed by atoms with van der Waals surface area (Å²) >= 11 is 0. The van der Waals surface area contributed by atoms with Gasteiger partial charge < -0.3 is 50.7 Å². The average molecular weight is 349 g/mol. The van der Waals surface area contributed by atoms with Crippen molar-refractivity contribution >= 4 is 13.8 Å². The second-order valence-electron chi connectivity index (χ2n) is 3.80. The van der Waals surface area contributed by atoms with Crippen LogP contribution in [0.2, 0.25) is 0 Å². The lowest BCUT2D eigenvalue weighted by molar-refractivity contribution is -0.147. The number of rotatable bonds is 3. The third kappa shape index (κ3) is 11.4. The van der Waals surface area contributed by atoms with Gasteiger partial charge in [0, 0.05) is 0 Å². The van der Waals surface area contributed by atoms with Crippen LogP contribution in [0.25, 0.3) is 0 Å². The maximum absolute atomic E-state index is 10.5. The Bertz CT molecular complexity index is 410. The van der Waals surface area contributed by atoms with E-state index in [4.69, 9.17) is 50.5 Å². The third-order valence-electron chi connectivity index (χ3n) is 1.89. The summed E-state index contributed by atoms with van der Waals surface area (Å²) < 4.78 is 13.2. The molecule has 0 aromatic heterocycles. The molecule has 1 heterocycles. The number of esters is 1. The van der Waals surface area contributed by atoms with Crippen molar-refractivity contribution in [3.8, 4) is 0 Å². The molecule has 0 bridgehead atoms. The van der Waals surface area contributed by atoms with E-state index >= 15 is 0 Å². The Balaban J connectivity index is 0. The lowest BCUT2D eigenvalue weighted by Gasteiger charge is -2.13. The average Bonchev–Trinajstić information content (AvgIpc) is 2.64. The molecule has 0 amide bonds. The van der Waals surface area contributed by atoms with Crippen LogP contribution < -0.4 is 5.73 Å². The van der Waals surface area contributed by atoms with Crippen LogP contribution in [-0.2, 0) is 14.1 Å². The second-order valence-corrected chi connectivity index (χ2v) is 4.83. The summed E-state index contributed by atoms with van der Waals surface area (Å²) in [7, 11) is -4.64. The van der Waals surface area contributed by atoms with Crippen LogP contribution in [0, 0.1) is 0 Å². The van der Waals surface area contributed by atoms with Gasteiger partial charge in [0.1, 0.15) is 12.3 Å². The Morgan fingerprint density at radius 3 is 1.82 bits per heavy atom. The Hall–Kier alpha value is -1.24. The molecule has 0 saturated heterocycles. The summed E-state index contributed by atoms with van der Waals surface area (Å²) in [4.78, 5) is 32.1. The van der Waals surface area contributed by atoms with Crippen LogP contribution in [0.4, 0.5) is 0 Å². The molecule has 13 heteroatoms. The van der Waals surface area contributed by atoms with E-state index in [0.29, 0.717) is 6.42 Å². The highest BCUT2D eigenvalue weighted by atomic mass is 31.2. The van der Waals surface area contributed by atoms with E-state index < -0.39 is 50.4 Å². The normalized spacial score (nSPS) is 20.2. The summed E-state index contributed by atoms with van der Waals surface area (Å²) in [6, 6.07) is 0. The van der Waals surface area contributed by atoms with Crippen molar-refractivity contribution in [3.63, 3.8) is 0 Å². The number of hydrogen-bond donors (Lipinski definition) is 9. The Labute approximate surface area is 124 Å². The number of carbonyl (C=O) groups excluding carboxylic acids is 1. The summed E-state index contributed by atoms with van der Waals surface area (Å²) in [5.41, 5.74) is 4.85. The van der Waals surface area contributed by atoms with E-state index in [1.54, 1.807) is 0 Å². The summed E-state index contributed by atoms with van der Waals surface area (Å²) in [6.45, 7) is 1.15. The van der Waals surface area contributed by atoms with Crippen molar-refractivity contribution in [2.24, 2.45) is 5.73 Å². The number of hydrogen-bond acceptors (Lipinski definition) is 9. The topological polar surface area (TPSA) is 231 Å².